The van der Waals surface area contributed by atoms with E-state index in [1.54, 1.807) is 12.1 Å². The molecule has 6 nitrogen and oxygen atoms in total. The molecule has 0 bridgehead atoms. The number of hydrogen-bond acceptors (Lipinski definition) is 5. The molecule has 0 radical (unpaired) electrons. The smallest absolute Gasteiger partial charge is 0.429 e. The first-order valence-electron chi connectivity index (χ1n) is 5.59. The van der Waals surface area contributed by atoms with Gasteiger partial charge < -0.3 is 9.47 Å². The van der Waals surface area contributed by atoms with E-state index in [0.29, 0.717) is 0 Å². The second kappa shape index (κ2) is 6.53. The highest BCUT2D eigenvalue weighted by molar-refractivity contribution is 5.60. The quantitative estimate of drug-likeness (QED) is 0.342. The van der Waals surface area contributed by atoms with Gasteiger partial charge in [-0.25, -0.2) is 4.79 Å². The highest BCUT2D eigenvalue weighted by Crippen LogP contribution is 2.11. The fourth-order valence-electron chi connectivity index (χ4n) is 1.15. The number of hydrogen-bond donors (Lipinski definition) is 0. The van der Waals surface area contributed by atoms with Gasteiger partial charge in [0.25, 0.3) is 5.54 Å². The molecule has 0 aliphatic heterocycles. The first-order chi connectivity index (χ1) is 8.98. The molecule has 0 aliphatic carbocycles. The molecule has 102 valence electrons. The Hall–Kier alpha value is -2.37. The van der Waals surface area contributed by atoms with Gasteiger partial charge >= 0.3 is 6.16 Å². The van der Waals surface area contributed by atoms with Crippen LogP contribution in [0.3, 0.4) is 0 Å². The predicted molar refractivity (Wildman–Crippen MR) is 68.2 cm³/mol. The lowest BCUT2D eigenvalue weighted by molar-refractivity contribution is -0.553. The predicted octanol–water partition coefficient (Wildman–Crippen LogP) is 2.56. The van der Waals surface area contributed by atoms with Crippen LogP contribution in [0.5, 0.6) is 0 Å². The Kier molecular flexibility index (Phi) is 5.05. The van der Waals surface area contributed by atoms with E-state index in [-0.39, 0.29) is 6.61 Å². The molecule has 1 aromatic carbocycles. The van der Waals surface area contributed by atoms with Crippen molar-refractivity contribution >= 4 is 6.16 Å². The second-order valence-electron chi connectivity index (χ2n) is 4.13. The molecule has 1 rings (SSSR count). The van der Waals surface area contributed by atoms with Crippen LogP contribution in [-0.4, -0.2) is 23.2 Å². The van der Waals surface area contributed by atoms with Crippen LogP contribution in [0.25, 0.3) is 0 Å². The average molecular weight is 265 g/mol. The molecule has 0 aliphatic rings. The van der Waals surface area contributed by atoms with Crippen molar-refractivity contribution in [3.8, 4) is 0 Å². The zero-order valence-electron chi connectivity index (χ0n) is 10.6. The van der Waals surface area contributed by atoms with Crippen molar-refractivity contribution in [2.75, 3.05) is 6.61 Å². The number of benzene rings is 1. The van der Waals surface area contributed by atoms with Crippen LogP contribution in [0, 0.1) is 10.1 Å². The summed E-state index contributed by atoms with van der Waals surface area (Å²) < 4.78 is 9.54. The van der Waals surface area contributed by atoms with Crippen LogP contribution in [0.1, 0.15) is 12.5 Å². The zero-order valence-corrected chi connectivity index (χ0v) is 10.6. The van der Waals surface area contributed by atoms with E-state index < -0.39 is 23.2 Å². The lowest BCUT2D eigenvalue weighted by Gasteiger charge is -2.16. The summed E-state index contributed by atoms with van der Waals surface area (Å²) in [5, 5.41) is 10.7. The highest BCUT2D eigenvalue weighted by atomic mass is 16.7. The van der Waals surface area contributed by atoms with Crippen LogP contribution in [0.15, 0.2) is 43.0 Å². The van der Waals surface area contributed by atoms with Gasteiger partial charge in [-0.2, -0.15) is 0 Å². The number of nitrogens with zero attached hydrogens (tertiary/aromatic N) is 1. The summed E-state index contributed by atoms with van der Waals surface area (Å²) >= 11 is 0. The topological polar surface area (TPSA) is 78.7 Å². The molecule has 1 atom stereocenters. The van der Waals surface area contributed by atoms with Gasteiger partial charge in [0.1, 0.15) is 6.61 Å². The number of ether oxygens (including phenoxy) is 2. The lowest BCUT2D eigenvalue weighted by atomic mass is 10.1. The summed E-state index contributed by atoms with van der Waals surface area (Å²) in [6, 6.07) is 9.04. The number of carbonyl (C=O) groups is 1. The first-order valence-corrected chi connectivity index (χ1v) is 5.59. The molecule has 0 saturated carbocycles. The third kappa shape index (κ3) is 4.42. The molecule has 1 aromatic rings. The Morgan fingerprint density at radius 2 is 2.05 bits per heavy atom. The van der Waals surface area contributed by atoms with Crippen molar-refractivity contribution in [3.05, 3.63) is 58.7 Å². The molecule has 0 fully saturated rings. The largest absolute Gasteiger partial charge is 0.508 e. The Balaban J connectivity index is 2.40. The molecule has 0 heterocycles. The summed E-state index contributed by atoms with van der Waals surface area (Å²) in [5.41, 5.74) is -0.702. The fourth-order valence-corrected chi connectivity index (χ4v) is 1.15. The Morgan fingerprint density at radius 1 is 1.42 bits per heavy atom. The Labute approximate surface area is 110 Å². The van der Waals surface area contributed by atoms with Crippen LogP contribution < -0.4 is 0 Å². The van der Waals surface area contributed by atoms with E-state index >= 15 is 0 Å². The van der Waals surface area contributed by atoms with E-state index in [2.05, 4.69) is 6.58 Å². The minimum atomic E-state index is -1.51. The average Bonchev–Trinajstić information content (AvgIpc) is 2.43. The minimum absolute atomic E-state index is 0.0585. The van der Waals surface area contributed by atoms with Gasteiger partial charge in [0, 0.05) is 11.8 Å². The van der Waals surface area contributed by atoms with E-state index in [9.17, 15) is 14.9 Å². The molecule has 19 heavy (non-hydrogen) atoms. The van der Waals surface area contributed by atoms with E-state index in [1.165, 1.54) is 6.92 Å². The number of nitro groups is 1. The summed E-state index contributed by atoms with van der Waals surface area (Å²) in [7, 11) is 0. The lowest BCUT2D eigenvalue weighted by Crippen LogP contribution is -2.38. The molecule has 0 saturated heterocycles. The van der Waals surface area contributed by atoms with Crippen LogP contribution in [0.4, 0.5) is 4.79 Å². The molecule has 1 unspecified atom stereocenters. The first kappa shape index (κ1) is 14.7. The fraction of sp³-hybridized carbons (Fsp3) is 0.308. The van der Waals surface area contributed by atoms with E-state index in [4.69, 9.17) is 9.47 Å². The summed E-state index contributed by atoms with van der Waals surface area (Å²) in [4.78, 5) is 21.5. The minimum Gasteiger partial charge on any atom is -0.429 e. The molecule has 0 spiro atoms. The van der Waals surface area contributed by atoms with Gasteiger partial charge in [0.15, 0.2) is 6.61 Å². The van der Waals surface area contributed by atoms with Crippen LogP contribution in [0.2, 0.25) is 0 Å². The third-order valence-electron chi connectivity index (χ3n) is 2.54. The van der Waals surface area contributed by atoms with Gasteiger partial charge in [0.2, 0.25) is 0 Å². The van der Waals surface area contributed by atoms with Crippen molar-refractivity contribution in [2.45, 2.75) is 19.1 Å². The van der Waals surface area contributed by atoms with Crippen LogP contribution in [-0.2, 0) is 16.1 Å². The number of carbonyl (C=O) groups excluding carboxylic acids is 1. The highest BCUT2D eigenvalue weighted by Gasteiger charge is 2.35. The maximum absolute atomic E-state index is 11.3. The molecule has 0 N–H and O–H groups in total. The van der Waals surface area contributed by atoms with E-state index in [1.807, 2.05) is 18.2 Å². The van der Waals surface area contributed by atoms with Crippen LogP contribution >= 0.6 is 0 Å². The Morgan fingerprint density at radius 3 is 2.58 bits per heavy atom. The van der Waals surface area contributed by atoms with Crippen molar-refractivity contribution in [1.82, 2.24) is 0 Å². The second-order valence-corrected chi connectivity index (χ2v) is 4.13. The standard InChI is InChI=1S/C13H15NO5/c1-3-13(2,14(16)17)10-19-12(15)18-9-11-7-5-4-6-8-11/h3-8H,1,9-10H2,2H3. The summed E-state index contributed by atoms with van der Waals surface area (Å²) in [6.45, 7) is 4.30. The molecular formula is C13H15NO5. The number of rotatable bonds is 6. The van der Waals surface area contributed by atoms with Gasteiger partial charge in [0.05, 0.1) is 0 Å². The molecular weight excluding hydrogens is 250 g/mol. The summed E-state index contributed by atoms with van der Waals surface area (Å²) in [6.07, 6.45) is 0.177. The molecule has 0 aromatic heterocycles. The van der Waals surface area contributed by atoms with Gasteiger partial charge in [-0.1, -0.05) is 36.9 Å². The van der Waals surface area contributed by atoms with Gasteiger partial charge in [-0.15, -0.1) is 0 Å². The maximum atomic E-state index is 11.3. The monoisotopic (exact) mass is 265 g/mol. The van der Waals surface area contributed by atoms with Crippen molar-refractivity contribution in [2.24, 2.45) is 0 Å². The van der Waals surface area contributed by atoms with Crippen molar-refractivity contribution < 1.29 is 19.2 Å². The van der Waals surface area contributed by atoms with Crippen molar-refractivity contribution in [3.63, 3.8) is 0 Å². The van der Waals surface area contributed by atoms with E-state index in [0.717, 1.165) is 11.6 Å². The normalized spacial score (nSPS) is 13.1. The SMILES string of the molecule is C=CC(C)(COC(=O)OCc1ccccc1)[N+](=O)[O-]. The van der Waals surface area contributed by atoms with Gasteiger partial charge in [-0.3, -0.25) is 10.1 Å². The third-order valence-corrected chi connectivity index (χ3v) is 2.54. The zero-order chi connectivity index (χ0) is 14.3. The van der Waals surface area contributed by atoms with Crippen molar-refractivity contribution in [1.29, 1.82) is 0 Å². The Bertz CT molecular complexity index is 459. The molecule has 0 amide bonds. The molecule has 6 heteroatoms. The van der Waals surface area contributed by atoms with Gasteiger partial charge in [-0.05, 0) is 11.6 Å². The maximum Gasteiger partial charge on any atom is 0.508 e. The summed E-state index contributed by atoms with van der Waals surface area (Å²) in [5.74, 6) is 0.